The van der Waals surface area contributed by atoms with Gasteiger partial charge in [-0.2, -0.15) is 0 Å². The number of hydrogen-bond acceptors (Lipinski definition) is 1. The Morgan fingerprint density at radius 2 is 1.78 bits per heavy atom. The van der Waals surface area contributed by atoms with Crippen LogP contribution in [0.25, 0.3) is 0 Å². The molecular formula is C7H14BrN. The molecule has 0 N–H and O–H groups in total. The zero-order chi connectivity index (χ0) is 6.69. The van der Waals surface area contributed by atoms with E-state index in [4.69, 9.17) is 0 Å². The van der Waals surface area contributed by atoms with Crippen molar-refractivity contribution < 1.29 is 0 Å². The first kappa shape index (κ1) is 7.55. The van der Waals surface area contributed by atoms with Crippen LogP contribution in [0.15, 0.2) is 0 Å². The maximum absolute atomic E-state index is 3.47. The van der Waals surface area contributed by atoms with E-state index in [0.29, 0.717) is 0 Å². The predicted molar refractivity (Wildman–Crippen MR) is 43.6 cm³/mol. The first-order valence-corrected chi connectivity index (χ1v) is 4.40. The highest BCUT2D eigenvalue weighted by Gasteiger charge is 2.15. The molecule has 0 spiro atoms. The van der Waals surface area contributed by atoms with Crippen LogP contribution in [0, 0.1) is 0 Å². The zero-order valence-electron chi connectivity index (χ0n) is 5.94. The molecule has 1 aliphatic rings. The van der Waals surface area contributed by atoms with Crippen molar-refractivity contribution in [3.05, 3.63) is 0 Å². The number of halogens is 1. The molecular weight excluding hydrogens is 178 g/mol. The molecule has 0 amide bonds. The second-order valence-electron chi connectivity index (χ2n) is 2.82. The van der Waals surface area contributed by atoms with E-state index >= 15 is 0 Å². The highest BCUT2D eigenvalue weighted by atomic mass is 79.9. The lowest BCUT2D eigenvalue weighted by atomic mass is 9.96. The van der Waals surface area contributed by atoms with Gasteiger partial charge in [0.25, 0.3) is 0 Å². The number of nitrogens with zero attached hydrogens (tertiary/aromatic N) is 1. The van der Waals surface area contributed by atoms with Gasteiger partial charge in [-0.05, 0) is 19.9 Å². The normalized spacial score (nSPS) is 23.0. The van der Waals surface area contributed by atoms with Crippen LogP contribution in [0.2, 0.25) is 0 Å². The van der Waals surface area contributed by atoms with Crippen molar-refractivity contribution in [3.63, 3.8) is 0 Å². The van der Waals surface area contributed by atoms with E-state index in [9.17, 15) is 0 Å². The van der Waals surface area contributed by atoms with Gasteiger partial charge in [-0.1, -0.05) is 19.3 Å². The third kappa shape index (κ3) is 2.26. The molecule has 0 heterocycles. The maximum Gasteiger partial charge on any atom is 0.0202 e. The third-order valence-electron chi connectivity index (χ3n) is 2.08. The van der Waals surface area contributed by atoms with Crippen LogP contribution in [0.3, 0.4) is 0 Å². The monoisotopic (exact) mass is 191 g/mol. The van der Waals surface area contributed by atoms with Gasteiger partial charge in [0.1, 0.15) is 0 Å². The van der Waals surface area contributed by atoms with Crippen LogP contribution >= 0.6 is 16.1 Å². The zero-order valence-corrected chi connectivity index (χ0v) is 7.52. The average molecular weight is 192 g/mol. The van der Waals surface area contributed by atoms with Gasteiger partial charge in [-0.25, -0.2) is 3.93 Å². The minimum absolute atomic E-state index is 0.804. The standard InChI is InChI=1S/C7H14BrN/c1-9(8)7-5-3-2-4-6-7/h7H,2-6H2,1H3. The lowest BCUT2D eigenvalue weighted by Gasteiger charge is -2.25. The van der Waals surface area contributed by atoms with E-state index in [1.807, 2.05) is 0 Å². The van der Waals surface area contributed by atoms with Gasteiger partial charge >= 0.3 is 0 Å². The van der Waals surface area contributed by atoms with Gasteiger partial charge < -0.3 is 0 Å². The summed E-state index contributed by atoms with van der Waals surface area (Å²) in [5, 5.41) is 0. The van der Waals surface area contributed by atoms with Crippen LogP contribution in [0.4, 0.5) is 0 Å². The average Bonchev–Trinajstić information content (AvgIpc) is 1.90. The summed E-state index contributed by atoms with van der Waals surface area (Å²) in [6.45, 7) is 0. The van der Waals surface area contributed by atoms with Crippen molar-refractivity contribution in [1.29, 1.82) is 0 Å². The van der Waals surface area contributed by atoms with Gasteiger partial charge in [-0.15, -0.1) is 0 Å². The lowest BCUT2D eigenvalue weighted by molar-refractivity contribution is 0.313. The molecule has 0 aromatic carbocycles. The first-order valence-electron chi connectivity index (χ1n) is 3.69. The molecule has 0 aromatic heterocycles. The molecule has 0 aliphatic heterocycles. The summed E-state index contributed by atoms with van der Waals surface area (Å²) in [6.07, 6.45) is 7.03. The summed E-state index contributed by atoms with van der Waals surface area (Å²) in [5.41, 5.74) is 0. The van der Waals surface area contributed by atoms with Crippen molar-refractivity contribution in [1.82, 2.24) is 3.93 Å². The summed E-state index contributed by atoms with van der Waals surface area (Å²) in [5.74, 6) is 0. The van der Waals surface area contributed by atoms with Gasteiger partial charge in [0.15, 0.2) is 0 Å². The smallest absolute Gasteiger partial charge is 0.0202 e. The molecule has 1 saturated carbocycles. The van der Waals surface area contributed by atoms with E-state index in [-0.39, 0.29) is 0 Å². The fourth-order valence-corrected chi connectivity index (χ4v) is 1.85. The molecule has 1 rings (SSSR count). The molecule has 0 saturated heterocycles. The Kier molecular flexibility index (Phi) is 2.99. The molecule has 54 valence electrons. The molecule has 0 aromatic rings. The number of rotatable bonds is 1. The fraction of sp³-hybridized carbons (Fsp3) is 1.00. The minimum atomic E-state index is 0.804. The van der Waals surface area contributed by atoms with E-state index in [0.717, 1.165) is 6.04 Å². The van der Waals surface area contributed by atoms with Crippen LogP contribution in [-0.4, -0.2) is 17.0 Å². The van der Waals surface area contributed by atoms with Crippen LogP contribution in [0.1, 0.15) is 32.1 Å². The number of hydrogen-bond donors (Lipinski definition) is 0. The van der Waals surface area contributed by atoms with E-state index in [1.54, 1.807) is 0 Å². The second kappa shape index (κ2) is 3.57. The summed E-state index contributed by atoms with van der Waals surface area (Å²) >= 11 is 3.47. The van der Waals surface area contributed by atoms with Crippen molar-refractivity contribution in [2.75, 3.05) is 7.05 Å². The summed E-state index contributed by atoms with van der Waals surface area (Å²) in [4.78, 5) is 0. The Morgan fingerprint density at radius 1 is 1.22 bits per heavy atom. The highest BCUT2D eigenvalue weighted by molar-refractivity contribution is 9.07. The van der Waals surface area contributed by atoms with E-state index < -0.39 is 0 Å². The van der Waals surface area contributed by atoms with E-state index in [1.165, 1.54) is 32.1 Å². The summed E-state index contributed by atoms with van der Waals surface area (Å²) < 4.78 is 2.17. The van der Waals surface area contributed by atoms with Crippen molar-refractivity contribution in [3.8, 4) is 0 Å². The minimum Gasteiger partial charge on any atom is -0.242 e. The Morgan fingerprint density at radius 3 is 2.11 bits per heavy atom. The lowest BCUT2D eigenvalue weighted by Crippen LogP contribution is -2.25. The van der Waals surface area contributed by atoms with E-state index in [2.05, 4.69) is 27.1 Å². The summed E-state index contributed by atoms with van der Waals surface area (Å²) in [6, 6.07) is 0.804. The Balaban J connectivity index is 2.23. The molecule has 2 heteroatoms. The van der Waals surface area contributed by atoms with Crippen LogP contribution in [0.5, 0.6) is 0 Å². The largest absolute Gasteiger partial charge is 0.242 e. The van der Waals surface area contributed by atoms with Gasteiger partial charge in [0, 0.05) is 22.2 Å². The highest BCUT2D eigenvalue weighted by Crippen LogP contribution is 2.22. The Bertz CT molecular complexity index is 77.0. The molecule has 0 bridgehead atoms. The third-order valence-corrected chi connectivity index (χ3v) is 2.66. The topological polar surface area (TPSA) is 3.24 Å². The van der Waals surface area contributed by atoms with Crippen molar-refractivity contribution in [2.24, 2.45) is 0 Å². The molecule has 0 unspecified atom stereocenters. The predicted octanol–water partition coefficient (Wildman–Crippen LogP) is 2.56. The van der Waals surface area contributed by atoms with Crippen LogP contribution in [-0.2, 0) is 0 Å². The maximum atomic E-state index is 3.47. The quantitative estimate of drug-likeness (QED) is 0.577. The van der Waals surface area contributed by atoms with Gasteiger partial charge in [0.2, 0.25) is 0 Å². The molecule has 1 aliphatic carbocycles. The molecule has 1 fully saturated rings. The second-order valence-corrected chi connectivity index (χ2v) is 3.94. The van der Waals surface area contributed by atoms with Crippen molar-refractivity contribution >= 4 is 16.1 Å². The molecule has 0 atom stereocenters. The first-order chi connectivity index (χ1) is 4.30. The molecule has 9 heavy (non-hydrogen) atoms. The Labute approximate surface area is 65.8 Å². The van der Waals surface area contributed by atoms with Gasteiger partial charge in [-0.3, -0.25) is 0 Å². The summed E-state index contributed by atoms with van der Waals surface area (Å²) in [7, 11) is 2.11. The van der Waals surface area contributed by atoms with Crippen molar-refractivity contribution in [2.45, 2.75) is 38.1 Å². The van der Waals surface area contributed by atoms with Crippen LogP contribution < -0.4 is 0 Å². The fourth-order valence-electron chi connectivity index (χ4n) is 1.44. The SMILES string of the molecule is CN(Br)C1CCCCC1. The van der Waals surface area contributed by atoms with Gasteiger partial charge in [0.05, 0.1) is 0 Å². The molecule has 1 nitrogen and oxygen atoms in total. The molecule has 0 radical (unpaired) electrons. The Hall–Kier alpha value is 0.440.